The Hall–Kier alpha value is -9.50. The molecule has 342 valence electrons. The van der Waals surface area contributed by atoms with Crippen molar-refractivity contribution in [2.75, 3.05) is 4.90 Å². The molecule has 2 nitrogen and oxygen atoms in total. The fourth-order valence-corrected chi connectivity index (χ4v) is 11.8. The number of anilines is 3. The summed E-state index contributed by atoms with van der Waals surface area (Å²) in [6.45, 7) is 0. The second kappa shape index (κ2) is 17.4. The minimum atomic E-state index is -0.533. The third kappa shape index (κ3) is 7.02. The molecule has 0 aliphatic heterocycles. The third-order valence-corrected chi connectivity index (χ3v) is 15.1. The number of furan rings is 1. The summed E-state index contributed by atoms with van der Waals surface area (Å²) >= 11 is 0. The van der Waals surface area contributed by atoms with Crippen LogP contribution >= 0.6 is 0 Å². The van der Waals surface area contributed by atoms with Gasteiger partial charge in [-0.1, -0.05) is 231 Å². The van der Waals surface area contributed by atoms with Gasteiger partial charge in [0.05, 0.1) is 11.1 Å². The number of benzene rings is 12. The zero-order valence-electron chi connectivity index (χ0n) is 40.0. The molecule has 14 rings (SSSR count). The Morgan fingerprint density at radius 2 is 0.795 bits per heavy atom. The molecule has 1 aliphatic carbocycles. The summed E-state index contributed by atoms with van der Waals surface area (Å²) in [7, 11) is 0. The summed E-state index contributed by atoms with van der Waals surface area (Å²) in [6, 6.07) is 104. The number of rotatable bonds is 9. The predicted molar refractivity (Wildman–Crippen MR) is 305 cm³/mol. The average Bonchev–Trinajstić information content (AvgIpc) is 4.06. The Kier molecular flexibility index (Phi) is 10.1. The molecule has 0 bridgehead atoms. The van der Waals surface area contributed by atoms with Crippen molar-refractivity contribution >= 4 is 49.8 Å². The number of hydrogen-bond acceptors (Lipinski definition) is 2. The van der Waals surface area contributed by atoms with E-state index in [1.165, 1.54) is 72.0 Å². The second-order valence-electron chi connectivity index (χ2n) is 19.2. The highest BCUT2D eigenvalue weighted by Gasteiger charge is 2.47. The zero-order chi connectivity index (χ0) is 48.3. The molecular formula is C71H47NO. The van der Waals surface area contributed by atoms with E-state index in [1.807, 2.05) is 6.07 Å². The van der Waals surface area contributed by atoms with Gasteiger partial charge in [-0.15, -0.1) is 0 Å². The van der Waals surface area contributed by atoms with E-state index in [2.05, 4.69) is 284 Å². The summed E-state index contributed by atoms with van der Waals surface area (Å²) in [5.41, 5.74) is 21.3. The zero-order valence-corrected chi connectivity index (χ0v) is 40.0. The smallest absolute Gasteiger partial charge is 0.143 e. The first-order chi connectivity index (χ1) is 36.2. The van der Waals surface area contributed by atoms with Gasteiger partial charge in [-0.2, -0.15) is 0 Å². The van der Waals surface area contributed by atoms with Gasteiger partial charge in [-0.25, -0.2) is 0 Å². The lowest BCUT2D eigenvalue weighted by molar-refractivity contribution is 0.670. The van der Waals surface area contributed by atoms with Crippen molar-refractivity contribution in [2.24, 2.45) is 0 Å². The molecule has 0 radical (unpaired) electrons. The molecule has 0 saturated carbocycles. The summed E-state index contributed by atoms with van der Waals surface area (Å²) in [5, 5.41) is 4.75. The van der Waals surface area contributed by atoms with Crippen LogP contribution in [0.3, 0.4) is 0 Å². The lowest BCUT2D eigenvalue weighted by Gasteiger charge is -2.34. The minimum absolute atomic E-state index is 0.533. The number of nitrogens with zero attached hydrogens (tertiary/aromatic N) is 1. The molecule has 0 saturated heterocycles. The maximum atomic E-state index is 6.54. The normalized spacial score (nSPS) is 12.5. The predicted octanol–water partition coefficient (Wildman–Crippen LogP) is 19.2. The van der Waals surface area contributed by atoms with E-state index in [0.717, 1.165) is 55.7 Å². The summed E-state index contributed by atoms with van der Waals surface area (Å²) in [6.07, 6.45) is 0. The molecule has 1 aliphatic rings. The lowest BCUT2D eigenvalue weighted by atomic mass is 9.68. The quantitative estimate of drug-likeness (QED) is 0.143. The molecule has 0 unspecified atom stereocenters. The fraction of sp³-hybridized carbons (Fsp3) is 0.0141. The molecule has 0 spiro atoms. The van der Waals surface area contributed by atoms with Gasteiger partial charge < -0.3 is 9.32 Å². The van der Waals surface area contributed by atoms with Gasteiger partial charge in [0.15, 0.2) is 0 Å². The van der Waals surface area contributed by atoms with E-state index in [0.29, 0.717) is 0 Å². The molecule has 73 heavy (non-hydrogen) atoms. The van der Waals surface area contributed by atoms with Crippen molar-refractivity contribution in [2.45, 2.75) is 5.41 Å². The van der Waals surface area contributed by atoms with Crippen molar-refractivity contribution in [3.63, 3.8) is 0 Å². The number of hydrogen-bond donors (Lipinski definition) is 0. The highest BCUT2D eigenvalue weighted by molar-refractivity contribution is 6.09. The Morgan fingerprint density at radius 3 is 1.49 bits per heavy atom. The van der Waals surface area contributed by atoms with E-state index >= 15 is 0 Å². The first-order valence-electron chi connectivity index (χ1n) is 25.1. The molecule has 12 aromatic carbocycles. The van der Waals surface area contributed by atoms with E-state index < -0.39 is 5.41 Å². The van der Waals surface area contributed by atoms with E-state index in [9.17, 15) is 0 Å². The van der Waals surface area contributed by atoms with E-state index in [4.69, 9.17) is 4.42 Å². The molecule has 1 heterocycles. The van der Waals surface area contributed by atoms with Gasteiger partial charge in [0.2, 0.25) is 0 Å². The van der Waals surface area contributed by atoms with E-state index in [1.54, 1.807) is 0 Å². The van der Waals surface area contributed by atoms with Crippen molar-refractivity contribution in [3.8, 4) is 55.6 Å². The molecule has 13 aromatic rings. The van der Waals surface area contributed by atoms with Crippen LogP contribution in [0.1, 0.15) is 22.3 Å². The lowest BCUT2D eigenvalue weighted by Crippen LogP contribution is -2.28. The van der Waals surface area contributed by atoms with Gasteiger partial charge >= 0.3 is 0 Å². The highest BCUT2D eigenvalue weighted by atomic mass is 16.3. The molecule has 2 heteroatoms. The van der Waals surface area contributed by atoms with Crippen LogP contribution in [-0.2, 0) is 5.41 Å². The fourth-order valence-electron chi connectivity index (χ4n) is 11.8. The Balaban J connectivity index is 0.900. The molecular weight excluding hydrogens is 883 g/mol. The SMILES string of the molecule is c1ccc(C2(c3ccccc3)c3ccccc3-c3c(N(c4ccc(-c5cccc(-c6cccc(-c7ccc8ccccc8c7)c6)c5)cc4)c4ccc(-c5cccc6c5oc5ccccc56)cc4)cccc32)cc1. The number of para-hydroxylation sites is 2. The van der Waals surface area contributed by atoms with Crippen LogP contribution in [0, 0.1) is 0 Å². The Labute approximate surface area is 425 Å². The first-order valence-corrected chi connectivity index (χ1v) is 25.1. The topological polar surface area (TPSA) is 16.4 Å². The maximum Gasteiger partial charge on any atom is 0.143 e. The van der Waals surface area contributed by atoms with Crippen molar-refractivity contribution in [1.82, 2.24) is 0 Å². The van der Waals surface area contributed by atoms with Crippen molar-refractivity contribution in [3.05, 3.63) is 307 Å². The third-order valence-electron chi connectivity index (χ3n) is 15.1. The van der Waals surface area contributed by atoms with Crippen LogP contribution in [0.25, 0.3) is 88.3 Å². The molecule has 0 amide bonds. The monoisotopic (exact) mass is 929 g/mol. The van der Waals surface area contributed by atoms with Crippen LogP contribution < -0.4 is 4.90 Å². The highest BCUT2D eigenvalue weighted by Crippen LogP contribution is 2.59. The van der Waals surface area contributed by atoms with Crippen LogP contribution in [0.15, 0.2) is 290 Å². The minimum Gasteiger partial charge on any atom is -0.455 e. The van der Waals surface area contributed by atoms with Crippen LogP contribution in [0.4, 0.5) is 17.1 Å². The van der Waals surface area contributed by atoms with Crippen molar-refractivity contribution < 1.29 is 4.42 Å². The molecule has 0 atom stereocenters. The molecule has 0 N–H and O–H groups in total. The Bertz CT molecular complexity index is 4150. The summed E-state index contributed by atoms with van der Waals surface area (Å²) in [5.74, 6) is 0. The van der Waals surface area contributed by atoms with Crippen LogP contribution in [0.2, 0.25) is 0 Å². The van der Waals surface area contributed by atoms with E-state index in [-0.39, 0.29) is 0 Å². The van der Waals surface area contributed by atoms with Gasteiger partial charge in [0.25, 0.3) is 0 Å². The summed E-state index contributed by atoms with van der Waals surface area (Å²) < 4.78 is 6.54. The average molecular weight is 930 g/mol. The van der Waals surface area contributed by atoms with Gasteiger partial charge in [0.1, 0.15) is 11.2 Å². The number of fused-ring (bicyclic) bond motifs is 7. The Morgan fingerprint density at radius 1 is 0.301 bits per heavy atom. The van der Waals surface area contributed by atoms with Crippen molar-refractivity contribution in [1.29, 1.82) is 0 Å². The summed E-state index contributed by atoms with van der Waals surface area (Å²) in [4.78, 5) is 2.45. The first kappa shape index (κ1) is 42.4. The largest absolute Gasteiger partial charge is 0.455 e. The van der Waals surface area contributed by atoms with Gasteiger partial charge in [0, 0.05) is 33.3 Å². The van der Waals surface area contributed by atoms with Crippen LogP contribution in [0.5, 0.6) is 0 Å². The van der Waals surface area contributed by atoms with Gasteiger partial charge in [-0.3, -0.25) is 0 Å². The standard InChI is InChI=1S/C71H47NO/c1-3-23-57(24-4-1)71(58-25-5-2-6-26-58)65-31-11-9-28-64(65)69-66(71)32-16-33-67(69)72(60-43-39-50(40-44-60)61-29-15-30-63-62-27-10-12-34-68(62)73-70(61)63)59-41-37-49(38-42-59)52-19-13-20-53(45-52)54-21-14-22-55(47-54)56-36-35-48-17-7-8-18-51(48)46-56/h1-47H. The maximum absolute atomic E-state index is 6.54. The molecule has 0 fully saturated rings. The van der Waals surface area contributed by atoms with Gasteiger partial charge in [-0.05, 0) is 132 Å². The second-order valence-corrected chi connectivity index (χ2v) is 19.2. The molecule has 1 aromatic heterocycles. The van der Waals surface area contributed by atoms with Crippen LogP contribution in [-0.4, -0.2) is 0 Å².